The number of hydrogen-bond donors (Lipinski definition) is 0. The van der Waals surface area contributed by atoms with Crippen molar-refractivity contribution in [2.45, 2.75) is 59.9 Å². The number of rotatable bonds is 7. The van der Waals surface area contributed by atoms with Crippen molar-refractivity contribution in [2.75, 3.05) is 0 Å². The number of nitrogens with zero attached hydrogens (tertiary/aromatic N) is 3. The van der Waals surface area contributed by atoms with Crippen molar-refractivity contribution in [3.63, 3.8) is 0 Å². The Balaban J connectivity index is 2.33. The third kappa shape index (κ3) is 4.77. The maximum absolute atomic E-state index is 4.14. The zero-order valence-electron chi connectivity index (χ0n) is 11.1. The fourth-order valence-corrected chi connectivity index (χ4v) is 1.83. The Morgan fingerprint density at radius 2 is 1.88 bits per heavy atom. The molecule has 0 radical (unpaired) electrons. The molecule has 0 amide bonds. The summed E-state index contributed by atoms with van der Waals surface area (Å²) in [5.41, 5.74) is 1.29. The zero-order chi connectivity index (χ0) is 12.0. The molecule has 0 aliphatic heterocycles. The predicted octanol–water partition coefficient (Wildman–Crippen LogP) is 3.30. The van der Waals surface area contributed by atoms with Crippen molar-refractivity contribution in [3.05, 3.63) is 11.9 Å². The van der Waals surface area contributed by atoms with E-state index in [9.17, 15) is 0 Å². The third-order valence-electron chi connectivity index (χ3n) is 2.70. The SMILES string of the molecule is CC(C)CCCCc1cnnn1CC(C)C. The van der Waals surface area contributed by atoms with Gasteiger partial charge in [-0.1, -0.05) is 45.7 Å². The summed E-state index contributed by atoms with van der Waals surface area (Å²) in [7, 11) is 0. The molecule has 0 saturated carbocycles. The summed E-state index contributed by atoms with van der Waals surface area (Å²) in [5.74, 6) is 1.45. The van der Waals surface area contributed by atoms with E-state index < -0.39 is 0 Å². The fourth-order valence-electron chi connectivity index (χ4n) is 1.83. The van der Waals surface area contributed by atoms with Crippen molar-refractivity contribution in [1.82, 2.24) is 15.0 Å². The Morgan fingerprint density at radius 3 is 2.50 bits per heavy atom. The van der Waals surface area contributed by atoms with E-state index in [0.717, 1.165) is 18.9 Å². The van der Waals surface area contributed by atoms with Crippen molar-refractivity contribution in [3.8, 4) is 0 Å². The van der Waals surface area contributed by atoms with Crippen molar-refractivity contribution >= 4 is 0 Å². The van der Waals surface area contributed by atoms with Crippen LogP contribution in [0.1, 0.15) is 52.7 Å². The van der Waals surface area contributed by atoms with Crippen LogP contribution in [-0.2, 0) is 13.0 Å². The van der Waals surface area contributed by atoms with Gasteiger partial charge in [-0.25, -0.2) is 4.68 Å². The summed E-state index contributed by atoms with van der Waals surface area (Å²) < 4.78 is 2.06. The van der Waals surface area contributed by atoms with Crippen LogP contribution in [0, 0.1) is 11.8 Å². The first kappa shape index (κ1) is 13.2. The van der Waals surface area contributed by atoms with E-state index >= 15 is 0 Å². The van der Waals surface area contributed by atoms with Crippen LogP contribution in [0.15, 0.2) is 6.20 Å². The van der Waals surface area contributed by atoms with Crippen LogP contribution in [0.2, 0.25) is 0 Å². The van der Waals surface area contributed by atoms with Crippen LogP contribution in [-0.4, -0.2) is 15.0 Å². The van der Waals surface area contributed by atoms with Gasteiger partial charge in [0.05, 0.1) is 11.9 Å². The van der Waals surface area contributed by atoms with Crippen molar-refractivity contribution < 1.29 is 0 Å². The molecule has 0 N–H and O–H groups in total. The first-order valence-electron chi connectivity index (χ1n) is 6.47. The van der Waals surface area contributed by atoms with E-state index in [-0.39, 0.29) is 0 Å². The van der Waals surface area contributed by atoms with Crippen molar-refractivity contribution in [1.29, 1.82) is 0 Å². The van der Waals surface area contributed by atoms with Gasteiger partial charge in [0.25, 0.3) is 0 Å². The molecule has 16 heavy (non-hydrogen) atoms. The molecular formula is C13H25N3. The summed E-state index contributed by atoms with van der Waals surface area (Å²) >= 11 is 0. The molecule has 3 heteroatoms. The lowest BCUT2D eigenvalue weighted by Gasteiger charge is -2.08. The molecule has 0 fully saturated rings. The smallest absolute Gasteiger partial charge is 0.0725 e. The predicted molar refractivity (Wildman–Crippen MR) is 67.3 cm³/mol. The van der Waals surface area contributed by atoms with E-state index in [1.54, 1.807) is 0 Å². The molecule has 0 aliphatic carbocycles. The molecule has 0 atom stereocenters. The van der Waals surface area contributed by atoms with E-state index in [0.29, 0.717) is 5.92 Å². The minimum atomic E-state index is 0.635. The fraction of sp³-hybridized carbons (Fsp3) is 0.846. The van der Waals surface area contributed by atoms with Crippen LogP contribution in [0.3, 0.4) is 0 Å². The molecule has 1 rings (SSSR count). The Bertz CT molecular complexity index is 289. The quantitative estimate of drug-likeness (QED) is 0.664. The summed E-state index contributed by atoms with van der Waals surface area (Å²) in [5, 5.41) is 8.14. The highest BCUT2D eigenvalue weighted by Gasteiger charge is 2.05. The largest absolute Gasteiger partial charge is 0.249 e. The zero-order valence-corrected chi connectivity index (χ0v) is 11.1. The molecule has 0 aromatic carbocycles. The monoisotopic (exact) mass is 223 g/mol. The van der Waals surface area contributed by atoms with Crippen molar-refractivity contribution in [2.24, 2.45) is 11.8 Å². The van der Waals surface area contributed by atoms with Gasteiger partial charge in [-0.2, -0.15) is 0 Å². The number of unbranched alkanes of at least 4 members (excludes halogenated alkanes) is 1. The van der Waals surface area contributed by atoms with Gasteiger partial charge in [0, 0.05) is 6.54 Å². The molecule has 0 unspecified atom stereocenters. The minimum absolute atomic E-state index is 0.635. The minimum Gasteiger partial charge on any atom is -0.249 e. The Labute approximate surface area is 99.2 Å². The van der Waals surface area contributed by atoms with Gasteiger partial charge in [0.1, 0.15) is 0 Å². The first-order valence-corrected chi connectivity index (χ1v) is 6.47. The molecule has 92 valence electrons. The van der Waals surface area contributed by atoms with Crippen LogP contribution < -0.4 is 0 Å². The molecule has 0 spiro atoms. The van der Waals surface area contributed by atoms with Gasteiger partial charge in [-0.05, 0) is 24.7 Å². The van der Waals surface area contributed by atoms with E-state index in [1.807, 2.05) is 6.20 Å². The molecule has 1 aromatic rings. The Kier molecular flexibility index (Phi) is 5.50. The Hall–Kier alpha value is -0.860. The Morgan fingerprint density at radius 1 is 1.12 bits per heavy atom. The van der Waals surface area contributed by atoms with Gasteiger partial charge in [0.15, 0.2) is 0 Å². The summed E-state index contributed by atoms with van der Waals surface area (Å²) in [6.45, 7) is 9.98. The van der Waals surface area contributed by atoms with Gasteiger partial charge < -0.3 is 0 Å². The summed E-state index contributed by atoms with van der Waals surface area (Å²) in [6.07, 6.45) is 6.92. The van der Waals surface area contributed by atoms with Crippen LogP contribution in [0.4, 0.5) is 0 Å². The maximum atomic E-state index is 4.14. The summed E-state index contributed by atoms with van der Waals surface area (Å²) in [4.78, 5) is 0. The van der Waals surface area contributed by atoms with Gasteiger partial charge in [0.2, 0.25) is 0 Å². The lowest BCUT2D eigenvalue weighted by Crippen LogP contribution is -2.10. The molecule has 0 bridgehead atoms. The van der Waals surface area contributed by atoms with Gasteiger partial charge in [-0.3, -0.25) is 0 Å². The lowest BCUT2D eigenvalue weighted by molar-refractivity contribution is 0.452. The highest BCUT2D eigenvalue weighted by atomic mass is 15.4. The first-order chi connectivity index (χ1) is 7.59. The molecule has 0 aliphatic rings. The molecular weight excluding hydrogens is 198 g/mol. The van der Waals surface area contributed by atoms with E-state index in [1.165, 1.54) is 25.0 Å². The topological polar surface area (TPSA) is 30.7 Å². The molecule has 1 aromatic heterocycles. The highest BCUT2D eigenvalue weighted by Crippen LogP contribution is 2.10. The number of hydrogen-bond acceptors (Lipinski definition) is 2. The molecule has 1 heterocycles. The van der Waals surface area contributed by atoms with Crippen LogP contribution in [0.25, 0.3) is 0 Å². The lowest BCUT2D eigenvalue weighted by atomic mass is 10.0. The second-order valence-electron chi connectivity index (χ2n) is 5.44. The van der Waals surface area contributed by atoms with E-state index in [4.69, 9.17) is 0 Å². The normalized spacial score (nSPS) is 11.6. The molecule has 0 saturated heterocycles. The van der Waals surface area contributed by atoms with Gasteiger partial charge in [-0.15, -0.1) is 5.10 Å². The standard InChI is InChI=1S/C13H25N3/c1-11(2)7-5-6-8-13-9-14-15-16(13)10-12(3)4/h9,11-12H,5-8,10H2,1-4H3. The average molecular weight is 223 g/mol. The number of aromatic nitrogens is 3. The third-order valence-corrected chi connectivity index (χ3v) is 2.70. The summed E-state index contributed by atoms with van der Waals surface area (Å²) in [6, 6.07) is 0. The van der Waals surface area contributed by atoms with Crippen LogP contribution in [0.5, 0.6) is 0 Å². The average Bonchev–Trinajstić information content (AvgIpc) is 2.59. The maximum Gasteiger partial charge on any atom is 0.0725 e. The van der Waals surface area contributed by atoms with E-state index in [2.05, 4.69) is 42.7 Å². The van der Waals surface area contributed by atoms with Gasteiger partial charge >= 0.3 is 0 Å². The number of aryl methyl sites for hydroxylation is 1. The highest BCUT2D eigenvalue weighted by molar-refractivity contribution is 4.94. The van der Waals surface area contributed by atoms with Crippen LogP contribution >= 0.6 is 0 Å². The second kappa shape index (κ2) is 6.66. The second-order valence-corrected chi connectivity index (χ2v) is 5.44. The molecule has 3 nitrogen and oxygen atoms in total.